The molecule has 0 aliphatic carbocycles. The van der Waals surface area contributed by atoms with Crippen LogP contribution in [0.2, 0.25) is 5.02 Å². The van der Waals surface area contributed by atoms with Crippen LogP contribution in [0.4, 0.5) is 4.39 Å². The highest BCUT2D eigenvalue weighted by molar-refractivity contribution is 8.13. The van der Waals surface area contributed by atoms with Crippen molar-refractivity contribution in [2.45, 2.75) is 23.8 Å². The van der Waals surface area contributed by atoms with Gasteiger partial charge in [0.1, 0.15) is 5.82 Å². The molecule has 1 heterocycles. The van der Waals surface area contributed by atoms with Gasteiger partial charge in [0, 0.05) is 23.8 Å². The number of carbonyl (C=O) groups is 1. The highest BCUT2D eigenvalue weighted by Gasteiger charge is 2.22. The largest absolute Gasteiger partial charge is 0.376 e. The van der Waals surface area contributed by atoms with Crippen LogP contribution in [-0.2, 0) is 13.8 Å². The number of benzene rings is 1. The minimum absolute atomic E-state index is 0.0995. The summed E-state index contributed by atoms with van der Waals surface area (Å²) in [6.45, 7) is 0.879. The average Bonchev–Trinajstić information content (AvgIpc) is 2.91. The molecule has 0 saturated carbocycles. The Bertz CT molecular complexity index is 659. The Morgan fingerprint density at radius 1 is 1.48 bits per heavy atom. The Labute approximate surface area is 130 Å². The van der Waals surface area contributed by atoms with Gasteiger partial charge < -0.3 is 10.1 Å². The zero-order valence-electron chi connectivity index (χ0n) is 10.7. The van der Waals surface area contributed by atoms with Crippen molar-refractivity contribution < 1.29 is 22.3 Å². The standard InChI is InChI=1S/C12H12Cl2FNO4S/c13-11-9(4-8(5-10(11)15)21(14,18)19)12(17)16-6-7-2-1-3-20-7/h4-5,7H,1-3,6H2,(H,16,17). The first-order chi connectivity index (χ1) is 9.79. The SMILES string of the molecule is O=C(NCC1CCCO1)c1cc(S(=O)(=O)Cl)cc(F)c1Cl. The normalized spacial score (nSPS) is 18.7. The van der Waals surface area contributed by atoms with Crippen molar-refractivity contribution >= 4 is 37.2 Å². The van der Waals surface area contributed by atoms with Crippen molar-refractivity contribution in [3.05, 3.63) is 28.5 Å². The average molecular weight is 356 g/mol. The van der Waals surface area contributed by atoms with Crippen molar-refractivity contribution in [3.8, 4) is 0 Å². The molecule has 0 bridgehead atoms. The molecule has 116 valence electrons. The molecule has 0 aromatic heterocycles. The highest BCUT2D eigenvalue weighted by atomic mass is 35.7. The van der Waals surface area contributed by atoms with Gasteiger partial charge in [-0.05, 0) is 25.0 Å². The summed E-state index contributed by atoms with van der Waals surface area (Å²) in [5, 5.41) is 2.08. The first kappa shape index (κ1) is 16.5. The Morgan fingerprint density at radius 2 is 2.19 bits per heavy atom. The fourth-order valence-corrected chi connectivity index (χ4v) is 2.94. The number of carbonyl (C=O) groups excluding carboxylic acids is 1. The maximum atomic E-state index is 13.6. The molecule has 1 aromatic carbocycles. The van der Waals surface area contributed by atoms with Crippen LogP contribution in [0.15, 0.2) is 17.0 Å². The molecule has 1 saturated heterocycles. The minimum atomic E-state index is -4.16. The molecule has 1 aliphatic heterocycles. The van der Waals surface area contributed by atoms with Crippen molar-refractivity contribution in [1.29, 1.82) is 0 Å². The second-order valence-corrected chi connectivity index (χ2v) is 7.49. The fourth-order valence-electron chi connectivity index (χ4n) is 1.98. The number of ether oxygens (including phenoxy) is 1. The Kier molecular flexibility index (Phi) is 5.08. The van der Waals surface area contributed by atoms with Gasteiger partial charge in [-0.2, -0.15) is 0 Å². The Morgan fingerprint density at radius 3 is 2.76 bits per heavy atom. The van der Waals surface area contributed by atoms with Gasteiger partial charge in [-0.1, -0.05) is 11.6 Å². The van der Waals surface area contributed by atoms with Gasteiger partial charge in [-0.25, -0.2) is 12.8 Å². The molecule has 1 aromatic rings. The lowest BCUT2D eigenvalue weighted by Crippen LogP contribution is -2.32. The summed E-state index contributed by atoms with van der Waals surface area (Å²) < 4.78 is 41.4. The van der Waals surface area contributed by atoms with Gasteiger partial charge in [0.15, 0.2) is 0 Å². The number of amides is 1. The van der Waals surface area contributed by atoms with Gasteiger partial charge >= 0.3 is 0 Å². The molecule has 1 aliphatic rings. The predicted octanol–water partition coefficient (Wildman–Crippen LogP) is 2.32. The quantitative estimate of drug-likeness (QED) is 0.841. The van der Waals surface area contributed by atoms with Crippen LogP contribution in [0.5, 0.6) is 0 Å². The molecule has 1 N–H and O–H groups in total. The van der Waals surface area contributed by atoms with E-state index in [0.717, 1.165) is 18.9 Å². The Balaban J connectivity index is 2.21. The molecule has 0 spiro atoms. The molecule has 9 heteroatoms. The summed E-state index contributed by atoms with van der Waals surface area (Å²) >= 11 is 5.70. The maximum absolute atomic E-state index is 13.6. The first-order valence-electron chi connectivity index (χ1n) is 6.12. The van der Waals surface area contributed by atoms with E-state index in [1.165, 1.54) is 0 Å². The molecule has 0 radical (unpaired) electrons. The molecule has 21 heavy (non-hydrogen) atoms. The summed E-state index contributed by atoms with van der Waals surface area (Å²) in [6.07, 6.45) is 1.63. The lowest BCUT2D eigenvalue weighted by Gasteiger charge is -2.12. The van der Waals surface area contributed by atoms with E-state index >= 15 is 0 Å². The lowest BCUT2D eigenvalue weighted by atomic mass is 10.2. The molecule has 2 rings (SSSR count). The Hall–Kier alpha value is -0.890. The summed E-state index contributed by atoms with van der Waals surface area (Å²) in [6, 6.07) is 1.61. The van der Waals surface area contributed by atoms with E-state index in [2.05, 4.69) is 5.32 Å². The minimum Gasteiger partial charge on any atom is -0.376 e. The van der Waals surface area contributed by atoms with E-state index in [1.807, 2.05) is 0 Å². The van der Waals surface area contributed by atoms with Crippen molar-refractivity contribution in [1.82, 2.24) is 5.32 Å². The molecule has 1 atom stereocenters. The number of nitrogens with one attached hydrogen (secondary N) is 1. The van der Waals surface area contributed by atoms with E-state index in [-0.39, 0.29) is 18.2 Å². The van der Waals surface area contributed by atoms with E-state index < -0.39 is 30.7 Å². The van der Waals surface area contributed by atoms with E-state index in [4.69, 9.17) is 27.0 Å². The lowest BCUT2D eigenvalue weighted by molar-refractivity contribution is 0.0857. The van der Waals surface area contributed by atoms with E-state index in [1.54, 1.807) is 0 Å². The van der Waals surface area contributed by atoms with Gasteiger partial charge in [0.2, 0.25) is 0 Å². The van der Waals surface area contributed by atoms with E-state index in [9.17, 15) is 17.6 Å². The van der Waals surface area contributed by atoms with Gasteiger partial charge in [-0.3, -0.25) is 4.79 Å². The van der Waals surface area contributed by atoms with Crippen molar-refractivity contribution in [2.75, 3.05) is 13.2 Å². The van der Waals surface area contributed by atoms with Gasteiger partial charge in [0.25, 0.3) is 15.0 Å². The first-order valence-corrected chi connectivity index (χ1v) is 8.81. The third kappa shape index (κ3) is 4.06. The molecule has 1 unspecified atom stereocenters. The van der Waals surface area contributed by atoms with Crippen LogP contribution in [0.1, 0.15) is 23.2 Å². The van der Waals surface area contributed by atoms with Gasteiger partial charge in [0.05, 0.1) is 21.6 Å². The topological polar surface area (TPSA) is 72.5 Å². The molecular formula is C12H12Cl2FNO4S. The number of hydrogen-bond donors (Lipinski definition) is 1. The number of hydrogen-bond acceptors (Lipinski definition) is 4. The zero-order valence-corrected chi connectivity index (χ0v) is 13.1. The molecule has 5 nitrogen and oxygen atoms in total. The predicted molar refractivity (Wildman–Crippen MR) is 75.8 cm³/mol. The summed E-state index contributed by atoms with van der Waals surface area (Å²) in [5.41, 5.74) is -0.283. The van der Waals surface area contributed by atoms with Crippen LogP contribution in [0.3, 0.4) is 0 Å². The van der Waals surface area contributed by atoms with Crippen LogP contribution in [0.25, 0.3) is 0 Å². The van der Waals surface area contributed by atoms with Gasteiger partial charge in [-0.15, -0.1) is 0 Å². The number of rotatable bonds is 4. The van der Waals surface area contributed by atoms with Crippen LogP contribution >= 0.6 is 22.3 Å². The fraction of sp³-hybridized carbons (Fsp3) is 0.417. The third-order valence-electron chi connectivity index (χ3n) is 3.04. The summed E-state index contributed by atoms with van der Waals surface area (Å²) in [7, 11) is 0.991. The zero-order chi connectivity index (χ0) is 15.6. The van der Waals surface area contributed by atoms with Crippen molar-refractivity contribution in [3.63, 3.8) is 0 Å². The molecule has 1 amide bonds. The van der Waals surface area contributed by atoms with Crippen LogP contribution in [-0.4, -0.2) is 33.6 Å². The number of halogens is 3. The maximum Gasteiger partial charge on any atom is 0.261 e. The second kappa shape index (κ2) is 6.48. The second-order valence-electron chi connectivity index (χ2n) is 4.55. The van der Waals surface area contributed by atoms with E-state index in [0.29, 0.717) is 12.7 Å². The van der Waals surface area contributed by atoms with Crippen LogP contribution in [0, 0.1) is 5.82 Å². The highest BCUT2D eigenvalue weighted by Crippen LogP contribution is 2.26. The molecule has 1 fully saturated rings. The smallest absolute Gasteiger partial charge is 0.261 e. The summed E-state index contributed by atoms with van der Waals surface area (Å²) in [4.78, 5) is 11.5. The molecular weight excluding hydrogens is 344 g/mol. The van der Waals surface area contributed by atoms with Crippen LogP contribution < -0.4 is 5.32 Å². The summed E-state index contributed by atoms with van der Waals surface area (Å²) in [5.74, 6) is -1.71. The third-order valence-corrected chi connectivity index (χ3v) is 4.76. The monoisotopic (exact) mass is 355 g/mol. The van der Waals surface area contributed by atoms with Crippen molar-refractivity contribution in [2.24, 2.45) is 0 Å².